The van der Waals surface area contributed by atoms with E-state index in [1.807, 2.05) is 13.8 Å². The van der Waals surface area contributed by atoms with Gasteiger partial charge in [-0.3, -0.25) is 4.79 Å². The Hall–Kier alpha value is -1.65. The highest BCUT2D eigenvalue weighted by molar-refractivity contribution is 5.81. The van der Waals surface area contributed by atoms with E-state index in [0.717, 1.165) is 31.0 Å². The molecular weight excluding hydrogens is 238 g/mol. The van der Waals surface area contributed by atoms with E-state index in [0.29, 0.717) is 0 Å². The number of benzene rings is 1. The molecule has 100 valence electrons. The van der Waals surface area contributed by atoms with Crippen LogP contribution in [0.1, 0.15) is 26.7 Å². The SMILES string of the molecule is CCC(CC)NC(=O)CNc1cc(F)ccc1F. The van der Waals surface area contributed by atoms with Gasteiger partial charge in [0, 0.05) is 6.04 Å². The van der Waals surface area contributed by atoms with Crippen LogP contribution in [0.3, 0.4) is 0 Å². The third kappa shape index (κ3) is 4.31. The van der Waals surface area contributed by atoms with Gasteiger partial charge in [0.1, 0.15) is 11.6 Å². The Morgan fingerprint density at radius 3 is 2.56 bits per heavy atom. The summed E-state index contributed by atoms with van der Waals surface area (Å²) in [6, 6.07) is 3.21. The number of rotatable bonds is 6. The van der Waals surface area contributed by atoms with E-state index in [9.17, 15) is 13.6 Å². The summed E-state index contributed by atoms with van der Waals surface area (Å²) in [4.78, 5) is 11.6. The maximum atomic E-state index is 13.3. The lowest BCUT2D eigenvalue weighted by Gasteiger charge is -2.15. The number of amides is 1. The summed E-state index contributed by atoms with van der Waals surface area (Å²) in [5.74, 6) is -1.35. The molecule has 0 aliphatic carbocycles. The Morgan fingerprint density at radius 2 is 1.94 bits per heavy atom. The highest BCUT2D eigenvalue weighted by atomic mass is 19.1. The first-order valence-corrected chi connectivity index (χ1v) is 6.05. The zero-order valence-electron chi connectivity index (χ0n) is 10.6. The van der Waals surface area contributed by atoms with E-state index in [4.69, 9.17) is 0 Å². The minimum absolute atomic E-state index is 0.00491. The van der Waals surface area contributed by atoms with Crippen molar-refractivity contribution in [3.8, 4) is 0 Å². The van der Waals surface area contributed by atoms with Crippen LogP contribution >= 0.6 is 0 Å². The number of halogens is 2. The van der Waals surface area contributed by atoms with Gasteiger partial charge >= 0.3 is 0 Å². The van der Waals surface area contributed by atoms with Crippen molar-refractivity contribution in [1.29, 1.82) is 0 Å². The molecule has 0 fully saturated rings. The Labute approximate surface area is 106 Å². The zero-order chi connectivity index (χ0) is 13.5. The van der Waals surface area contributed by atoms with Gasteiger partial charge in [0.2, 0.25) is 5.91 Å². The monoisotopic (exact) mass is 256 g/mol. The molecule has 1 aromatic carbocycles. The molecule has 1 amide bonds. The first kappa shape index (κ1) is 14.4. The van der Waals surface area contributed by atoms with Gasteiger partial charge < -0.3 is 10.6 Å². The van der Waals surface area contributed by atoms with Crippen molar-refractivity contribution >= 4 is 11.6 Å². The fourth-order valence-corrected chi connectivity index (χ4v) is 1.58. The predicted octanol–water partition coefficient (Wildman–Crippen LogP) is 2.68. The Bertz CT molecular complexity index is 406. The molecule has 0 aromatic heterocycles. The molecule has 18 heavy (non-hydrogen) atoms. The van der Waals surface area contributed by atoms with Crippen molar-refractivity contribution in [3.63, 3.8) is 0 Å². The molecule has 0 bridgehead atoms. The highest BCUT2D eigenvalue weighted by Gasteiger charge is 2.09. The van der Waals surface area contributed by atoms with Crippen LogP contribution in [-0.4, -0.2) is 18.5 Å². The van der Waals surface area contributed by atoms with E-state index < -0.39 is 11.6 Å². The van der Waals surface area contributed by atoms with Crippen molar-refractivity contribution in [2.75, 3.05) is 11.9 Å². The lowest BCUT2D eigenvalue weighted by Crippen LogP contribution is -2.37. The molecule has 0 heterocycles. The maximum Gasteiger partial charge on any atom is 0.239 e. The fourth-order valence-electron chi connectivity index (χ4n) is 1.58. The molecule has 0 spiro atoms. The van der Waals surface area contributed by atoms with Gasteiger partial charge in [0.25, 0.3) is 0 Å². The Morgan fingerprint density at radius 1 is 1.28 bits per heavy atom. The molecule has 0 aliphatic rings. The Balaban J connectivity index is 2.49. The maximum absolute atomic E-state index is 13.3. The summed E-state index contributed by atoms with van der Waals surface area (Å²) in [5, 5.41) is 5.38. The summed E-state index contributed by atoms with van der Waals surface area (Å²) in [5.41, 5.74) is -0.00491. The summed E-state index contributed by atoms with van der Waals surface area (Å²) >= 11 is 0. The van der Waals surface area contributed by atoms with Gasteiger partial charge in [-0.15, -0.1) is 0 Å². The van der Waals surface area contributed by atoms with Crippen LogP contribution in [0.25, 0.3) is 0 Å². The van der Waals surface area contributed by atoms with Crippen LogP contribution in [0.4, 0.5) is 14.5 Å². The third-order valence-electron chi connectivity index (χ3n) is 2.72. The molecule has 0 unspecified atom stereocenters. The molecule has 3 nitrogen and oxygen atoms in total. The topological polar surface area (TPSA) is 41.1 Å². The number of hydrogen-bond acceptors (Lipinski definition) is 2. The second kappa shape index (κ2) is 6.93. The molecule has 1 aromatic rings. The quantitative estimate of drug-likeness (QED) is 0.821. The van der Waals surface area contributed by atoms with Crippen molar-refractivity contribution in [2.24, 2.45) is 0 Å². The van der Waals surface area contributed by atoms with Gasteiger partial charge in [-0.2, -0.15) is 0 Å². The van der Waals surface area contributed by atoms with Gasteiger partial charge in [0.15, 0.2) is 0 Å². The van der Waals surface area contributed by atoms with Gasteiger partial charge in [-0.1, -0.05) is 13.8 Å². The third-order valence-corrected chi connectivity index (χ3v) is 2.72. The van der Waals surface area contributed by atoms with Crippen LogP contribution in [0.5, 0.6) is 0 Å². The number of anilines is 1. The van der Waals surface area contributed by atoms with Crippen LogP contribution in [0.15, 0.2) is 18.2 Å². The second-order valence-corrected chi connectivity index (χ2v) is 4.06. The summed E-state index contributed by atoms with van der Waals surface area (Å²) in [6.07, 6.45) is 1.69. The highest BCUT2D eigenvalue weighted by Crippen LogP contribution is 2.14. The minimum Gasteiger partial charge on any atom is -0.374 e. The van der Waals surface area contributed by atoms with Gasteiger partial charge in [-0.25, -0.2) is 8.78 Å². The van der Waals surface area contributed by atoms with Crippen LogP contribution in [-0.2, 0) is 4.79 Å². The number of carbonyl (C=O) groups is 1. The summed E-state index contributed by atoms with van der Waals surface area (Å²) < 4.78 is 26.1. The fraction of sp³-hybridized carbons (Fsp3) is 0.462. The van der Waals surface area contributed by atoms with E-state index in [1.54, 1.807) is 0 Å². The standard InChI is InChI=1S/C13H18F2N2O/c1-3-10(4-2)17-13(18)8-16-12-7-9(14)5-6-11(12)15/h5-7,10,16H,3-4,8H2,1-2H3,(H,17,18). The van der Waals surface area contributed by atoms with Crippen molar-refractivity contribution < 1.29 is 13.6 Å². The largest absolute Gasteiger partial charge is 0.374 e. The first-order chi connectivity index (χ1) is 8.56. The lowest BCUT2D eigenvalue weighted by atomic mass is 10.2. The van der Waals surface area contributed by atoms with Gasteiger partial charge in [0.05, 0.1) is 12.2 Å². The number of carbonyl (C=O) groups excluding carboxylic acids is 1. The molecule has 0 saturated heterocycles. The predicted molar refractivity (Wildman–Crippen MR) is 67.4 cm³/mol. The average Bonchev–Trinajstić information content (AvgIpc) is 2.37. The first-order valence-electron chi connectivity index (χ1n) is 6.05. The molecule has 0 aliphatic heterocycles. The number of nitrogens with one attached hydrogen (secondary N) is 2. The van der Waals surface area contributed by atoms with E-state index in [1.165, 1.54) is 0 Å². The summed E-state index contributed by atoms with van der Waals surface area (Å²) in [7, 11) is 0. The molecule has 5 heteroatoms. The van der Waals surface area contributed by atoms with E-state index in [2.05, 4.69) is 10.6 Å². The molecule has 0 radical (unpaired) electrons. The van der Waals surface area contributed by atoms with Crippen molar-refractivity contribution in [2.45, 2.75) is 32.7 Å². The molecule has 2 N–H and O–H groups in total. The smallest absolute Gasteiger partial charge is 0.239 e. The van der Waals surface area contributed by atoms with Crippen molar-refractivity contribution in [1.82, 2.24) is 5.32 Å². The second-order valence-electron chi connectivity index (χ2n) is 4.06. The Kier molecular flexibility index (Phi) is 5.55. The van der Waals surface area contributed by atoms with Gasteiger partial charge in [-0.05, 0) is 31.0 Å². The lowest BCUT2D eigenvalue weighted by molar-refractivity contribution is -0.120. The number of hydrogen-bond donors (Lipinski definition) is 2. The normalized spacial score (nSPS) is 10.5. The minimum atomic E-state index is -0.577. The van der Waals surface area contributed by atoms with E-state index in [-0.39, 0.29) is 24.2 Å². The van der Waals surface area contributed by atoms with Crippen LogP contribution in [0.2, 0.25) is 0 Å². The molecular formula is C13H18F2N2O. The molecule has 1 rings (SSSR count). The molecule has 0 atom stereocenters. The average molecular weight is 256 g/mol. The van der Waals surface area contributed by atoms with Crippen molar-refractivity contribution in [3.05, 3.63) is 29.8 Å². The van der Waals surface area contributed by atoms with E-state index >= 15 is 0 Å². The van der Waals surface area contributed by atoms with Crippen LogP contribution in [0, 0.1) is 11.6 Å². The van der Waals surface area contributed by atoms with Crippen LogP contribution < -0.4 is 10.6 Å². The zero-order valence-corrected chi connectivity index (χ0v) is 10.6. The summed E-state index contributed by atoms with van der Waals surface area (Å²) in [6.45, 7) is 3.89. The molecule has 0 saturated carbocycles.